The lowest BCUT2D eigenvalue weighted by molar-refractivity contribution is -0.117. The lowest BCUT2D eigenvalue weighted by Crippen LogP contribution is -2.09. The quantitative estimate of drug-likeness (QED) is 0.745. The van der Waals surface area contributed by atoms with Crippen molar-refractivity contribution in [3.05, 3.63) is 24.5 Å². The van der Waals surface area contributed by atoms with Gasteiger partial charge in [0.05, 0.1) is 0 Å². The molecule has 0 bridgehead atoms. The highest BCUT2D eigenvalue weighted by Gasteiger charge is 1.93. The van der Waals surface area contributed by atoms with Crippen LogP contribution in [0, 0.1) is 0 Å². The van der Waals surface area contributed by atoms with E-state index in [2.05, 4.69) is 9.71 Å². The van der Waals surface area contributed by atoms with Crippen molar-refractivity contribution >= 4 is 30.3 Å². The van der Waals surface area contributed by atoms with E-state index in [4.69, 9.17) is 0 Å². The van der Waals surface area contributed by atoms with Crippen LogP contribution in [0.4, 0.5) is 0 Å². The molecule has 1 N–H and O–H groups in total. The smallest absolute Gasteiger partial charge is 0.226 e. The van der Waals surface area contributed by atoms with Gasteiger partial charge < -0.3 is 0 Å². The molecule has 0 saturated carbocycles. The number of nitrogens with one attached hydrogen (secondary N) is 1. The van der Waals surface area contributed by atoms with E-state index in [-0.39, 0.29) is 18.3 Å². The molecule has 1 aromatic rings. The largest absolute Gasteiger partial charge is 0.296 e. The highest BCUT2D eigenvalue weighted by molar-refractivity contribution is 7.98. The van der Waals surface area contributed by atoms with Gasteiger partial charge in [-0.05, 0) is 24.1 Å². The Hall–Kier alpha value is -0.740. The van der Waals surface area contributed by atoms with Crippen molar-refractivity contribution in [2.24, 2.45) is 0 Å². The number of aromatic nitrogens is 1. The molecular weight excluding hydrogens is 196 g/mol. The second-order valence-corrected chi connectivity index (χ2v) is 2.83. The van der Waals surface area contributed by atoms with Crippen LogP contribution in [0.3, 0.4) is 0 Å². The summed E-state index contributed by atoms with van der Waals surface area (Å²) in [7, 11) is 0. The molecule has 0 saturated heterocycles. The Bertz CT molecular complexity index is 242. The zero-order chi connectivity index (χ0) is 8.10. The average molecular weight is 205 g/mol. The van der Waals surface area contributed by atoms with E-state index >= 15 is 0 Å². The molecule has 1 aromatic heterocycles. The number of carbonyl (C=O) groups excluding carboxylic acids is 1. The summed E-state index contributed by atoms with van der Waals surface area (Å²) in [6.45, 7) is 1.48. The lowest BCUT2D eigenvalue weighted by Gasteiger charge is -1.98. The van der Waals surface area contributed by atoms with Gasteiger partial charge in [-0.15, -0.1) is 12.4 Å². The Morgan fingerprint density at radius 3 is 2.92 bits per heavy atom. The van der Waals surface area contributed by atoms with Crippen molar-refractivity contribution in [2.45, 2.75) is 11.8 Å². The summed E-state index contributed by atoms with van der Waals surface area (Å²) in [5.41, 5.74) is 0. The van der Waals surface area contributed by atoms with E-state index in [1.807, 2.05) is 12.1 Å². The zero-order valence-electron chi connectivity index (χ0n) is 6.48. The van der Waals surface area contributed by atoms with Crippen LogP contribution in [-0.2, 0) is 4.79 Å². The van der Waals surface area contributed by atoms with E-state index in [1.54, 1.807) is 12.4 Å². The fourth-order valence-corrected chi connectivity index (χ4v) is 1.06. The minimum absolute atomic E-state index is 0. The van der Waals surface area contributed by atoms with E-state index in [9.17, 15) is 4.79 Å². The predicted molar refractivity (Wildman–Crippen MR) is 51.2 cm³/mol. The molecule has 0 atom stereocenters. The summed E-state index contributed by atoms with van der Waals surface area (Å²) in [6.07, 6.45) is 3.39. The molecule has 1 amide bonds. The highest BCUT2D eigenvalue weighted by Crippen LogP contribution is 2.10. The number of halogens is 1. The normalized spacial score (nSPS) is 8.42. The molecule has 0 aliphatic rings. The zero-order valence-corrected chi connectivity index (χ0v) is 8.11. The van der Waals surface area contributed by atoms with Crippen LogP contribution in [0.1, 0.15) is 6.92 Å². The van der Waals surface area contributed by atoms with Crippen molar-refractivity contribution in [1.82, 2.24) is 9.71 Å². The van der Waals surface area contributed by atoms with Gasteiger partial charge in [0.2, 0.25) is 5.91 Å². The molecule has 0 spiro atoms. The Labute approximate surface area is 81.5 Å². The third kappa shape index (κ3) is 4.20. The molecule has 0 aliphatic carbocycles. The molecule has 0 fully saturated rings. The van der Waals surface area contributed by atoms with Crippen LogP contribution >= 0.6 is 24.4 Å². The maximum Gasteiger partial charge on any atom is 0.226 e. The number of hydrogen-bond acceptors (Lipinski definition) is 3. The first-order valence-electron chi connectivity index (χ1n) is 3.12. The van der Waals surface area contributed by atoms with E-state index in [1.165, 1.54) is 18.9 Å². The Kier molecular flexibility index (Phi) is 5.49. The van der Waals surface area contributed by atoms with Gasteiger partial charge in [0.15, 0.2) is 0 Å². The van der Waals surface area contributed by atoms with Gasteiger partial charge in [0.1, 0.15) is 0 Å². The predicted octanol–water partition coefficient (Wildman–Crippen LogP) is 1.65. The molecule has 1 rings (SSSR count). The number of hydrogen-bond donors (Lipinski definition) is 1. The molecule has 12 heavy (non-hydrogen) atoms. The molecule has 0 unspecified atom stereocenters. The topological polar surface area (TPSA) is 42.0 Å². The molecule has 3 nitrogen and oxygen atoms in total. The van der Waals surface area contributed by atoms with Crippen molar-refractivity contribution < 1.29 is 4.79 Å². The van der Waals surface area contributed by atoms with Crippen molar-refractivity contribution in [2.75, 3.05) is 0 Å². The molecular formula is C7H9ClN2OS. The summed E-state index contributed by atoms with van der Waals surface area (Å²) in [5, 5.41) is 0. The third-order valence-corrected chi connectivity index (χ3v) is 1.81. The summed E-state index contributed by atoms with van der Waals surface area (Å²) in [6, 6.07) is 3.71. The van der Waals surface area contributed by atoms with E-state index < -0.39 is 0 Å². The first-order chi connectivity index (χ1) is 5.29. The number of nitrogens with zero attached hydrogens (tertiary/aromatic N) is 1. The van der Waals surface area contributed by atoms with Gasteiger partial charge >= 0.3 is 0 Å². The number of carbonyl (C=O) groups is 1. The molecule has 5 heteroatoms. The van der Waals surface area contributed by atoms with Crippen LogP contribution in [0.5, 0.6) is 0 Å². The number of pyridine rings is 1. The lowest BCUT2D eigenvalue weighted by atomic mass is 10.5. The van der Waals surface area contributed by atoms with Crippen molar-refractivity contribution in [1.29, 1.82) is 0 Å². The molecule has 66 valence electrons. The van der Waals surface area contributed by atoms with Gasteiger partial charge in [0.25, 0.3) is 0 Å². The molecule has 0 radical (unpaired) electrons. The minimum Gasteiger partial charge on any atom is -0.296 e. The monoisotopic (exact) mass is 204 g/mol. The fourth-order valence-electron chi connectivity index (χ4n) is 0.538. The highest BCUT2D eigenvalue weighted by atomic mass is 35.5. The summed E-state index contributed by atoms with van der Waals surface area (Å²) < 4.78 is 2.60. The number of amides is 1. The van der Waals surface area contributed by atoms with Gasteiger partial charge in [-0.25, -0.2) is 0 Å². The fraction of sp³-hybridized carbons (Fsp3) is 0.143. The Morgan fingerprint density at radius 2 is 2.42 bits per heavy atom. The van der Waals surface area contributed by atoms with Crippen LogP contribution in [0.2, 0.25) is 0 Å². The second-order valence-electron chi connectivity index (χ2n) is 1.95. The summed E-state index contributed by atoms with van der Waals surface area (Å²) >= 11 is 1.27. The SMILES string of the molecule is CC(=O)NSc1cccnc1.Cl. The van der Waals surface area contributed by atoms with Crippen molar-refractivity contribution in [3.8, 4) is 0 Å². The van der Waals surface area contributed by atoms with Crippen LogP contribution in [0.15, 0.2) is 29.4 Å². The molecule has 0 aromatic carbocycles. The Balaban J connectivity index is 0.00000121. The van der Waals surface area contributed by atoms with E-state index in [0.29, 0.717) is 0 Å². The molecule has 1 heterocycles. The van der Waals surface area contributed by atoms with Gasteiger partial charge in [-0.2, -0.15) is 0 Å². The van der Waals surface area contributed by atoms with Crippen LogP contribution < -0.4 is 4.72 Å². The van der Waals surface area contributed by atoms with E-state index in [0.717, 1.165) is 4.90 Å². The second kappa shape index (κ2) is 5.85. The van der Waals surface area contributed by atoms with Gasteiger partial charge in [-0.3, -0.25) is 14.5 Å². The first-order valence-corrected chi connectivity index (χ1v) is 3.94. The molecule has 0 aliphatic heterocycles. The number of rotatable bonds is 2. The third-order valence-electron chi connectivity index (χ3n) is 0.947. The first kappa shape index (κ1) is 11.3. The minimum atomic E-state index is -0.0566. The maximum absolute atomic E-state index is 10.5. The van der Waals surface area contributed by atoms with Gasteiger partial charge in [0, 0.05) is 24.2 Å². The summed E-state index contributed by atoms with van der Waals surface area (Å²) in [4.78, 5) is 15.3. The Morgan fingerprint density at radius 1 is 1.67 bits per heavy atom. The standard InChI is InChI=1S/C7H8N2OS.ClH/c1-6(10)9-11-7-3-2-4-8-5-7;/h2-5H,1H3,(H,9,10);1H. The van der Waals surface area contributed by atoms with Crippen LogP contribution in [0.25, 0.3) is 0 Å². The van der Waals surface area contributed by atoms with Crippen LogP contribution in [-0.4, -0.2) is 10.9 Å². The van der Waals surface area contributed by atoms with Gasteiger partial charge in [-0.1, -0.05) is 0 Å². The average Bonchev–Trinajstić information content (AvgIpc) is 2.03. The summed E-state index contributed by atoms with van der Waals surface area (Å²) in [5.74, 6) is -0.0566. The van der Waals surface area contributed by atoms with Crippen molar-refractivity contribution in [3.63, 3.8) is 0 Å². The maximum atomic E-state index is 10.5.